The van der Waals surface area contributed by atoms with Gasteiger partial charge in [-0.25, -0.2) is 0 Å². The topological polar surface area (TPSA) is 85.4 Å². The molecule has 0 aliphatic carbocycles. The van der Waals surface area contributed by atoms with Gasteiger partial charge in [0.15, 0.2) is 0 Å². The number of aromatic nitrogens is 2. The molecule has 1 aromatic heterocycles. The van der Waals surface area contributed by atoms with E-state index in [0.717, 1.165) is 64.2 Å². The van der Waals surface area contributed by atoms with Gasteiger partial charge >= 0.3 is 5.97 Å². The lowest BCUT2D eigenvalue weighted by molar-refractivity contribution is -0.147. The second-order valence-corrected chi connectivity index (χ2v) is 13.8. The number of aryl methyl sites for hydroxylation is 2. The van der Waals surface area contributed by atoms with E-state index in [2.05, 4.69) is 64.7 Å². The van der Waals surface area contributed by atoms with Gasteiger partial charge < -0.3 is 10.0 Å². The van der Waals surface area contributed by atoms with E-state index in [0.29, 0.717) is 23.3 Å². The Balaban J connectivity index is 1.26. The average Bonchev–Trinajstić information content (AvgIpc) is 3.56. The Morgan fingerprint density at radius 1 is 1.09 bits per heavy atom. The number of hydrogen-bond donors (Lipinski definition) is 1. The quantitative estimate of drug-likeness (QED) is 0.330. The van der Waals surface area contributed by atoms with Crippen molar-refractivity contribution in [3.05, 3.63) is 88.2 Å². The molecule has 43 heavy (non-hydrogen) atoms. The van der Waals surface area contributed by atoms with Crippen molar-refractivity contribution in [1.29, 1.82) is 5.26 Å². The molecular formula is C36H47N5O2. The summed E-state index contributed by atoms with van der Waals surface area (Å²) in [6, 6.07) is 20.6. The van der Waals surface area contributed by atoms with Gasteiger partial charge in [-0.3, -0.25) is 14.4 Å². The zero-order chi connectivity index (χ0) is 30.7. The van der Waals surface area contributed by atoms with Crippen LogP contribution in [0.25, 0.3) is 0 Å². The maximum absolute atomic E-state index is 12.4. The summed E-state index contributed by atoms with van der Waals surface area (Å²) in [6.45, 7) is 16.0. The largest absolute Gasteiger partial charge is 0.480 e. The van der Waals surface area contributed by atoms with Crippen LogP contribution in [0.1, 0.15) is 86.0 Å². The minimum absolute atomic E-state index is 0.327. The standard InChI is InChI=1S/C36H47N5O2/c1-6-41-33(20-31(38-41)19-26-10-12-27(21-37)13-11-26)28-14-16-39(17-15-28)22-30-23-40(34(35(42)43)36(3,4)5)24-32(30)29-9-7-8-25(2)18-29/h7-13,18,20,28,30,32,34H,6,14-17,19,22-24H2,1-5H3,(H,42,43)/t30-,32+,34-/m0/s1. The van der Waals surface area contributed by atoms with E-state index in [1.165, 1.54) is 22.4 Å². The smallest absolute Gasteiger partial charge is 0.321 e. The molecule has 3 heterocycles. The van der Waals surface area contributed by atoms with Gasteiger partial charge in [-0.05, 0) is 80.4 Å². The zero-order valence-corrected chi connectivity index (χ0v) is 26.5. The fourth-order valence-corrected chi connectivity index (χ4v) is 7.46. The van der Waals surface area contributed by atoms with Gasteiger partial charge in [0.25, 0.3) is 0 Å². The molecule has 0 spiro atoms. The van der Waals surface area contributed by atoms with Crippen molar-refractivity contribution >= 4 is 5.97 Å². The predicted octanol–water partition coefficient (Wildman–Crippen LogP) is 6.07. The monoisotopic (exact) mass is 581 g/mol. The van der Waals surface area contributed by atoms with Gasteiger partial charge in [-0.1, -0.05) is 62.7 Å². The van der Waals surface area contributed by atoms with E-state index in [1.807, 2.05) is 45.0 Å². The Kier molecular flexibility index (Phi) is 9.39. The van der Waals surface area contributed by atoms with Crippen molar-refractivity contribution in [3.63, 3.8) is 0 Å². The van der Waals surface area contributed by atoms with Crippen LogP contribution in [-0.4, -0.2) is 69.4 Å². The van der Waals surface area contributed by atoms with Crippen molar-refractivity contribution in [2.75, 3.05) is 32.7 Å². The maximum atomic E-state index is 12.4. The van der Waals surface area contributed by atoms with Gasteiger partial charge in [0.1, 0.15) is 6.04 Å². The molecule has 2 aromatic carbocycles. The van der Waals surface area contributed by atoms with E-state index < -0.39 is 12.0 Å². The van der Waals surface area contributed by atoms with Gasteiger partial charge in [0.05, 0.1) is 17.3 Å². The highest BCUT2D eigenvalue weighted by Crippen LogP contribution is 2.39. The lowest BCUT2D eigenvalue weighted by atomic mass is 9.85. The Bertz CT molecular complexity index is 1440. The number of rotatable bonds is 9. The molecule has 3 atom stereocenters. The van der Waals surface area contributed by atoms with Crippen LogP contribution in [0.3, 0.4) is 0 Å². The van der Waals surface area contributed by atoms with Gasteiger partial charge in [-0.15, -0.1) is 0 Å². The number of aliphatic carboxylic acids is 1. The minimum atomic E-state index is -0.719. The zero-order valence-electron chi connectivity index (χ0n) is 26.5. The van der Waals surface area contributed by atoms with Crippen LogP contribution >= 0.6 is 0 Å². The number of piperidine rings is 1. The number of hydrogen-bond acceptors (Lipinski definition) is 5. The van der Waals surface area contributed by atoms with Crippen LogP contribution in [0.2, 0.25) is 0 Å². The summed E-state index contributed by atoms with van der Waals surface area (Å²) in [6.07, 6.45) is 2.98. The summed E-state index contributed by atoms with van der Waals surface area (Å²) < 4.78 is 2.18. The van der Waals surface area contributed by atoms with Gasteiger partial charge in [0, 0.05) is 50.1 Å². The van der Waals surface area contributed by atoms with E-state index in [-0.39, 0.29) is 5.41 Å². The lowest BCUT2D eigenvalue weighted by Gasteiger charge is -2.36. The molecule has 228 valence electrons. The summed E-state index contributed by atoms with van der Waals surface area (Å²) in [4.78, 5) is 17.3. The van der Waals surface area contributed by atoms with Crippen molar-refractivity contribution in [1.82, 2.24) is 19.6 Å². The third kappa shape index (κ3) is 7.20. The lowest BCUT2D eigenvalue weighted by Crippen LogP contribution is -2.48. The molecule has 7 nitrogen and oxygen atoms in total. The molecule has 1 N–H and O–H groups in total. The molecular weight excluding hydrogens is 534 g/mol. The van der Waals surface area contributed by atoms with Crippen molar-refractivity contribution < 1.29 is 9.90 Å². The molecule has 2 aliphatic rings. The Morgan fingerprint density at radius 3 is 2.42 bits per heavy atom. The summed E-state index contributed by atoms with van der Waals surface area (Å²) in [5.41, 5.74) is 6.53. The number of nitriles is 1. The maximum Gasteiger partial charge on any atom is 0.321 e. The second kappa shape index (κ2) is 13.0. The molecule has 5 rings (SSSR count). The number of nitrogens with zero attached hydrogens (tertiary/aromatic N) is 5. The van der Waals surface area contributed by atoms with Crippen molar-refractivity contribution in [2.45, 2.75) is 78.3 Å². The summed E-state index contributed by atoms with van der Waals surface area (Å²) in [5, 5.41) is 24.2. The fourth-order valence-electron chi connectivity index (χ4n) is 7.46. The number of carboxylic acid groups (broad SMARTS) is 1. The highest BCUT2D eigenvalue weighted by Gasteiger charge is 2.44. The van der Waals surface area contributed by atoms with Crippen LogP contribution in [0.4, 0.5) is 0 Å². The van der Waals surface area contributed by atoms with E-state index >= 15 is 0 Å². The third-order valence-corrected chi connectivity index (χ3v) is 9.49. The predicted molar refractivity (Wildman–Crippen MR) is 170 cm³/mol. The third-order valence-electron chi connectivity index (χ3n) is 9.49. The first-order chi connectivity index (χ1) is 20.5. The first-order valence-corrected chi connectivity index (χ1v) is 15.9. The first kappa shape index (κ1) is 31.0. The number of carbonyl (C=O) groups is 1. The molecule has 2 fully saturated rings. The Morgan fingerprint density at radius 2 is 1.81 bits per heavy atom. The Hall–Kier alpha value is -3.47. The van der Waals surface area contributed by atoms with E-state index in [4.69, 9.17) is 10.4 Å². The average molecular weight is 582 g/mol. The first-order valence-electron chi connectivity index (χ1n) is 15.9. The molecule has 0 unspecified atom stereocenters. The molecule has 2 saturated heterocycles. The van der Waals surface area contributed by atoms with Crippen LogP contribution in [0, 0.1) is 29.6 Å². The number of carboxylic acids is 1. The van der Waals surface area contributed by atoms with Crippen LogP contribution < -0.4 is 0 Å². The minimum Gasteiger partial charge on any atom is -0.480 e. The summed E-state index contributed by atoms with van der Waals surface area (Å²) >= 11 is 0. The molecule has 0 bridgehead atoms. The molecule has 7 heteroatoms. The number of likely N-dealkylation sites (tertiary alicyclic amines) is 2. The van der Waals surface area contributed by atoms with E-state index in [9.17, 15) is 9.90 Å². The van der Waals surface area contributed by atoms with Gasteiger partial charge in [-0.2, -0.15) is 10.4 Å². The van der Waals surface area contributed by atoms with E-state index in [1.54, 1.807) is 0 Å². The number of benzene rings is 2. The normalized spacial score (nSPS) is 21.1. The van der Waals surface area contributed by atoms with Crippen LogP contribution in [-0.2, 0) is 17.8 Å². The molecule has 2 aliphatic heterocycles. The fraction of sp³-hybridized carbons (Fsp3) is 0.528. The van der Waals surface area contributed by atoms with Crippen LogP contribution in [0.15, 0.2) is 54.6 Å². The second-order valence-electron chi connectivity index (χ2n) is 13.8. The van der Waals surface area contributed by atoms with Crippen LogP contribution in [0.5, 0.6) is 0 Å². The van der Waals surface area contributed by atoms with Gasteiger partial charge in [0.2, 0.25) is 0 Å². The van der Waals surface area contributed by atoms with Crippen molar-refractivity contribution in [2.24, 2.45) is 11.3 Å². The molecule has 0 amide bonds. The molecule has 3 aromatic rings. The highest BCUT2D eigenvalue weighted by atomic mass is 16.4. The molecule has 0 radical (unpaired) electrons. The SMILES string of the molecule is CCn1nc(Cc2ccc(C#N)cc2)cc1C1CCN(C[C@H]2CN([C@@H](C(=O)O)C(C)(C)C)C[C@@H]2c2cccc(C)c2)CC1. The summed E-state index contributed by atoms with van der Waals surface area (Å²) in [5.74, 6) is 0.488. The Labute approximate surface area is 257 Å². The molecule has 0 saturated carbocycles. The highest BCUT2D eigenvalue weighted by molar-refractivity contribution is 5.74. The summed E-state index contributed by atoms with van der Waals surface area (Å²) in [7, 11) is 0. The van der Waals surface area contributed by atoms with Crippen molar-refractivity contribution in [3.8, 4) is 6.07 Å².